The Labute approximate surface area is 302 Å². The number of methoxy groups -OCH3 is 2. The van der Waals surface area contributed by atoms with Crippen LogP contribution in [0.25, 0.3) is 0 Å². The molecule has 2 atom stereocenters. The third-order valence-corrected chi connectivity index (χ3v) is 9.22. The van der Waals surface area contributed by atoms with E-state index < -0.39 is 53.4 Å². The molecule has 0 bridgehead atoms. The van der Waals surface area contributed by atoms with Crippen molar-refractivity contribution in [1.29, 1.82) is 0 Å². The Hall–Kier alpha value is -3.46. The minimum Gasteiger partial charge on any atom is -0.467 e. The van der Waals surface area contributed by atoms with Gasteiger partial charge in [0, 0.05) is 25.7 Å². The summed E-state index contributed by atoms with van der Waals surface area (Å²) >= 11 is 0. The number of rotatable bonds is 8. The smallest absolute Gasteiger partial charge is 0.408 e. The summed E-state index contributed by atoms with van der Waals surface area (Å²) in [6.45, 7) is 7.92. The van der Waals surface area contributed by atoms with E-state index >= 15 is 0 Å². The summed E-state index contributed by atoms with van der Waals surface area (Å²) in [6, 6.07) is 7.93. The van der Waals surface area contributed by atoms with Gasteiger partial charge in [0.15, 0.2) is 11.6 Å². The van der Waals surface area contributed by atoms with E-state index in [0.29, 0.717) is 65.0 Å². The topological polar surface area (TPSA) is 166 Å². The normalized spacial score (nSPS) is 21.7. The van der Waals surface area contributed by atoms with Gasteiger partial charge in [-0.1, -0.05) is 45.2 Å². The van der Waals surface area contributed by atoms with Crippen LogP contribution in [0.15, 0.2) is 30.3 Å². The molecule has 2 amide bonds. The highest BCUT2D eigenvalue weighted by atomic mass is 16.7. The summed E-state index contributed by atoms with van der Waals surface area (Å²) in [4.78, 5) is 48.4. The molecule has 0 unspecified atom stereocenters. The Kier molecular flexibility index (Phi) is 17.1. The number of hydrogen-bond acceptors (Lipinski definition) is 12. The molecule has 0 aromatic heterocycles. The number of benzene rings is 1. The van der Waals surface area contributed by atoms with Crippen LogP contribution < -0.4 is 10.6 Å². The maximum Gasteiger partial charge on any atom is 0.408 e. The first kappa shape index (κ1) is 43.7. The lowest BCUT2D eigenvalue weighted by Gasteiger charge is -2.37. The highest BCUT2D eigenvalue weighted by Gasteiger charge is 2.45. The van der Waals surface area contributed by atoms with E-state index in [0.717, 1.165) is 18.4 Å². The van der Waals surface area contributed by atoms with Crippen molar-refractivity contribution in [3.05, 3.63) is 35.9 Å². The molecule has 2 saturated heterocycles. The molecule has 290 valence electrons. The zero-order valence-corrected chi connectivity index (χ0v) is 29.3. The van der Waals surface area contributed by atoms with E-state index in [2.05, 4.69) is 10.6 Å². The van der Waals surface area contributed by atoms with Crippen molar-refractivity contribution in [2.45, 2.75) is 123 Å². The van der Waals surface area contributed by atoms with Gasteiger partial charge in [-0.15, -0.1) is 0 Å². The van der Waals surface area contributed by atoms with E-state index in [4.69, 9.17) is 37.9 Å². The molecule has 1 aromatic carbocycles. The lowest BCUT2D eigenvalue weighted by molar-refractivity contribution is -0.185. The van der Waals surface area contributed by atoms with E-state index in [1.165, 1.54) is 14.2 Å². The molecule has 2 aliphatic carbocycles. The number of carbonyl (C=O) groups is 4. The van der Waals surface area contributed by atoms with Crippen LogP contribution in [0.5, 0.6) is 0 Å². The standard InChI is InChI=1S/C19H25NO6.C16H27NO6.2CH4/c1-23-17(21)16(15-7-9-19(10-8-15)25-11-12-26-19)20-18(22)24-13-14-5-3-2-4-6-14;1-15(2,3)23-14(19)17-12(13(18)20-4)11-5-7-16(8-6-11)21-9-10-22-16;;/h2-6,15-16H,7-13H2,1H3,(H,20,22);11-12H,5-10H2,1-4H3,(H,17,19);2*1H4/t16-;12-;;/m00../s1. The van der Waals surface area contributed by atoms with Crippen molar-refractivity contribution in [1.82, 2.24) is 10.6 Å². The van der Waals surface area contributed by atoms with Gasteiger partial charge >= 0.3 is 24.1 Å². The molecule has 2 saturated carbocycles. The van der Waals surface area contributed by atoms with Gasteiger partial charge in [-0.2, -0.15) is 0 Å². The van der Waals surface area contributed by atoms with Gasteiger partial charge in [-0.05, 0) is 63.9 Å². The Bertz CT molecular complexity index is 1220. The molecule has 14 nitrogen and oxygen atoms in total. The molecule has 4 fully saturated rings. The molecule has 4 aliphatic rings. The highest BCUT2D eigenvalue weighted by molar-refractivity contribution is 5.82. The molecule has 2 heterocycles. The molecule has 2 aliphatic heterocycles. The third-order valence-electron chi connectivity index (χ3n) is 9.22. The van der Waals surface area contributed by atoms with Crippen molar-refractivity contribution in [3.63, 3.8) is 0 Å². The van der Waals surface area contributed by atoms with E-state index in [-0.39, 0.29) is 33.3 Å². The van der Waals surface area contributed by atoms with Gasteiger partial charge in [-0.3, -0.25) is 0 Å². The monoisotopic (exact) mass is 724 g/mol. The van der Waals surface area contributed by atoms with E-state index in [9.17, 15) is 19.2 Å². The summed E-state index contributed by atoms with van der Waals surface area (Å²) in [7, 11) is 2.64. The number of carbonyl (C=O) groups excluding carboxylic acids is 4. The number of hydrogen-bond donors (Lipinski definition) is 2. The molecule has 5 rings (SSSR count). The fraction of sp³-hybridized carbons (Fsp3) is 0.730. The second-order valence-electron chi connectivity index (χ2n) is 13.7. The van der Waals surface area contributed by atoms with Crippen LogP contribution in [0.1, 0.15) is 92.6 Å². The van der Waals surface area contributed by atoms with Crippen LogP contribution in [0.4, 0.5) is 9.59 Å². The van der Waals surface area contributed by atoms with Crippen molar-refractivity contribution in [2.75, 3.05) is 40.6 Å². The lowest BCUT2D eigenvalue weighted by atomic mass is 9.80. The van der Waals surface area contributed by atoms with Gasteiger partial charge in [0.25, 0.3) is 0 Å². The fourth-order valence-corrected chi connectivity index (χ4v) is 6.72. The molecule has 14 heteroatoms. The molecule has 1 aromatic rings. The molecule has 0 radical (unpaired) electrons. The quantitative estimate of drug-likeness (QED) is 0.251. The van der Waals surface area contributed by atoms with Gasteiger partial charge in [0.2, 0.25) is 0 Å². The molecule has 2 N–H and O–H groups in total. The van der Waals surface area contributed by atoms with Crippen molar-refractivity contribution < 1.29 is 57.1 Å². The van der Waals surface area contributed by atoms with Crippen LogP contribution in [-0.4, -0.2) is 94.0 Å². The highest BCUT2D eigenvalue weighted by Crippen LogP contribution is 2.40. The zero-order chi connectivity index (χ0) is 35.5. The van der Waals surface area contributed by atoms with Gasteiger partial charge in [0.05, 0.1) is 40.6 Å². The SMILES string of the molecule is C.C.COC(=O)[C@@H](NC(=O)OC(C)(C)C)C1CCC2(CC1)OCCO2.COC(=O)[C@@H](NC(=O)OCc1ccccc1)C1CCC2(CC1)OCCO2. The Balaban J connectivity index is 0.000000343. The van der Waals surface area contributed by atoms with Gasteiger partial charge in [0.1, 0.15) is 24.3 Å². The summed E-state index contributed by atoms with van der Waals surface area (Å²) < 4.78 is 43.0. The first-order valence-electron chi connectivity index (χ1n) is 17.0. The predicted molar refractivity (Wildman–Crippen MR) is 187 cm³/mol. The molecular formula is C37H60N2O12. The Morgan fingerprint density at radius 2 is 1.10 bits per heavy atom. The van der Waals surface area contributed by atoms with Gasteiger partial charge in [-0.25, -0.2) is 19.2 Å². The molecule has 2 spiro atoms. The minimum absolute atomic E-state index is 0. The van der Waals surface area contributed by atoms with Gasteiger partial charge < -0.3 is 48.5 Å². The largest absolute Gasteiger partial charge is 0.467 e. The zero-order valence-electron chi connectivity index (χ0n) is 29.3. The number of esters is 2. The van der Waals surface area contributed by atoms with Crippen LogP contribution in [-0.2, 0) is 54.1 Å². The summed E-state index contributed by atoms with van der Waals surface area (Å²) in [5, 5.41) is 5.32. The fourth-order valence-electron chi connectivity index (χ4n) is 6.72. The second-order valence-corrected chi connectivity index (χ2v) is 13.7. The first-order chi connectivity index (χ1) is 23.4. The van der Waals surface area contributed by atoms with Crippen molar-refractivity contribution in [3.8, 4) is 0 Å². The number of ether oxygens (including phenoxy) is 8. The average Bonchev–Trinajstić information content (AvgIpc) is 3.75. The van der Waals surface area contributed by atoms with Crippen molar-refractivity contribution >= 4 is 24.1 Å². The number of nitrogens with one attached hydrogen (secondary N) is 2. The maximum atomic E-state index is 12.2. The first-order valence-corrected chi connectivity index (χ1v) is 17.0. The summed E-state index contributed by atoms with van der Waals surface area (Å²) in [5.74, 6) is -1.98. The van der Waals surface area contributed by atoms with Crippen LogP contribution in [0.3, 0.4) is 0 Å². The predicted octanol–water partition coefficient (Wildman–Crippen LogP) is 5.65. The lowest BCUT2D eigenvalue weighted by Crippen LogP contribution is -2.50. The number of amides is 2. The van der Waals surface area contributed by atoms with E-state index in [1.54, 1.807) is 20.8 Å². The molecule has 51 heavy (non-hydrogen) atoms. The minimum atomic E-state index is -0.734. The van der Waals surface area contributed by atoms with Crippen molar-refractivity contribution in [2.24, 2.45) is 11.8 Å². The Morgan fingerprint density at radius 3 is 1.47 bits per heavy atom. The number of alkyl carbamates (subject to hydrolysis) is 2. The van der Waals surface area contributed by atoms with E-state index in [1.807, 2.05) is 30.3 Å². The van der Waals surface area contributed by atoms with Crippen LogP contribution in [0, 0.1) is 11.8 Å². The third kappa shape index (κ3) is 12.9. The second kappa shape index (κ2) is 20.0. The van der Waals surface area contributed by atoms with Crippen LogP contribution in [0.2, 0.25) is 0 Å². The Morgan fingerprint density at radius 1 is 0.706 bits per heavy atom. The maximum absolute atomic E-state index is 12.2. The summed E-state index contributed by atoms with van der Waals surface area (Å²) in [6.07, 6.45) is 4.43. The summed E-state index contributed by atoms with van der Waals surface area (Å²) in [5.41, 5.74) is 0.264. The average molecular weight is 725 g/mol. The molecular weight excluding hydrogens is 664 g/mol. The van der Waals surface area contributed by atoms with Crippen LogP contribution >= 0.6 is 0 Å².